The normalized spacial score (nSPS) is 22.2. The van der Waals surface area contributed by atoms with Gasteiger partial charge in [-0.15, -0.1) is 0 Å². The standard InChI is InChI=1S/C34H36O7/c1-36-28-17-19-29(20-18-28)40-31-30(24-37-21-25-11-5-2-6-12-25)41-34(35)33(39-23-27-15-9-4-10-16-27)32(31)38-22-26-13-7-3-8-14-26/h2-20,30-35H,21-24H2,1H3/t30-,31-,32+,33-,34-/m1/s1. The number of aliphatic hydroxyl groups is 1. The maximum Gasteiger partial charge on any atom is 0.184 e. The van der Waals surface area contributed by atoms with Crippen LogP contribution in [-0.2, 0) is 38.8 Å². The van der Waals surface area contributed by atoms with Crippen LogP contribution in [0.15, 0.2) is 115 Å². The van der Waals surface area contributed by atoms with E-state index in [9.17, 15) is 5.11 Å². The lowest BCUT2D eigenvalue weighted by Crippen LogP contribution is -2.62. The van der Waals surface area contributed by atoms with Crippen LogP contribution in [0.5, 0.6) is 11.5 Å². The molecule has 4 aromatic carbocycles. The maximum absolute atomic E-state index is 11.2. The van der Waals surface area contributed by atoms with Gasteiger partial charge in [0.1, 0.15) is 29.8 Å². The van der Waals surface area contributed by atoms with Crippen molar-refractivity contribution in [3.63, 3.8) is 0 Å². The summed E-state index contributed by atoms with van der Waals surface area (Å²) in [5.74, 6) is 1.33. The molecular weight excluding hydrogens is 520 g/mol. The number of hydrogen-bond donors (Lipinski definition) is 1. The summed E-state index contributed by atoms with van der Waals surface area (Å²) in [5.41, 5.74) is 3.01. The second kappa shape index (κ2) is 14.8. The molecule has 7 nitrogen and oxygen atoms in total. The highest BCUT2D eigenvalue weighted by atomic mass is 16.7. The van der Waals surface area contributed by atoms with E-state index in [-0.39, 0.29) is 13.2 Å². The molecule has 41 heavy (non-hydrogen) atoms. The Hall–Kier alpha value is -3.72. The van der Waals surface area contributed by atoms with Gasteiger partial charge < -0.3 is 33.5 Å². The number of ether oxygens (including phenoxy) is 6. The molecule has 5 atom stereocenters. The summed E-state index contributed by atoms with van der Waals surface area (Å²) in [7, 11) is 1.62. The zero-order valence-corrected chi connectivity index (χ0v) is 23.1. The first-order chi connectivity index (χ1) is 20.2. The summed E-state index contributed by atoms with van der Waals surface area (Å²) in [5, 5.41) is 11.2. The second-order valence-corrected chi connectivity index (χ2v) is 9.85. The van der Waals surface area contributed by atoms with Gasteiger partial charge in [-0.2, -0.15) is 0 Å². The van der Waals surface area contributed by atoms with E-state index in [4.69, 9.17) is 28.4 Å². The van der Waals surface area contributed by atoms with Gasteiger partial charge in [0.05, 0.1) is 33.5 Å². The fourth-order valence-corrected chi connectivity index (χ4v) is 4.75. The van der Waals surface area contributed by atoms with E-state index in [0.717, 1.165) is 22.4 Å². The summed E-state index contributed by atoms with van der Waals surface area (Å²) in [4.78, 5) is 0. The van der Waals surface area contributed by atoms with Crippen LogP contribution in [0.1, 0.15) is 16.7 Å². The molecule has 0 spiro atoms. The molecule has 4 aromatic rings. The third-order valence-electron chi connectivity index (χ3n) is 6.91. The van der Waals surface area contributed by atoms with Crippen molar-refractivity contribution in [2.75, 3.05) is 13.7 Å². The quantitative estimate of drug-likeness (QED) is 0.232. The van der Waals surface area contributed by atoms with Gasteiger partial charge in [-0.3, -0.25) is 0 Å². The fraction of sp³-hybridized carbons (Fsp3) is 0.294. The Kier molecular flexibility index (Phi) is 10.4. The predicted octanol–water partition coefficient (Wildman–Crippen LogP) is 5.55. The van der Waals surface area contributed by atoms with Crippen molar-refractivity contribution in [1.82, 2.24) is 0 Å². The second-order valence-electron chi connectivity index (χ2n) is 9.85. The summed E-state index contributed by atoms with van der Waals surface area (Å²) < 4.78 is 36.8. The first-order valence-electron chi connectivity index (χ1n) is 13.8. The molecule has 0 saturated carbocycles. The molecule has 5 rings (SSSR count). The van der Waals surface area contributed by atoms with Gasteiger partial charge in [-0.25, -0.2) is 0 Å². The zero-order chi connectivity index (χ0) is 28.3. The molecule has 0 aliphatic carbocycles. The van der Waals surface area contributed by atoms with E-state index in [1.54, 1.807) is 7.11 Å². The van der Waals surface area contributed by atoms with E-state index in [1.807, 2.05) is 115 Å². The first-order valence-corrected chi connectivity index (χ1v) is 13.8. The topological polar surface area (TPSA) is 75.6 Å². The van der Waals surface area contributed by atoms with Crippen LogP contribution in [0, 0.1) is 0 Å². The van der Waals surface area contributed by atoms with Crippen LogP contribution in [0.2, 0.25) is 0 Å². The van der Waals surface area contributed by atoms with Gasteiger partial charge in [0.2, 0.25) is 0 Å². The Labute approximate surface area is 241 Å². The lowest BCUT2D eigenvalue weighted by atomic mass is 9.98. The van der Waals surface area contributed by atoms with E-state index in [1.165, 1.54) is 0 Å². The summed E-state index contributed by atoms with van der Waals surface area (Å²) >= 11 is 0. The van der Waals surface area contributed by atoms with Crippen LogP contribution in [0.4, 0.5) is 0 Å². The zero-order valence-electron chi connectivity index (χ0n) is 23.1. The molecule has 0 unspecified atom stereocenters. The highest BCUT2D eigenvalue weighted by molar-refractivity contribution is 5.31. The Morgan fingerprint density at radius 1 is 0.585 bits per heavy atom. The minimum Gasteiger partial charge on any atom is -0.497 e. The summed E-state index contributed by atoms with van der Waals surface area (Å²) in [6, 6.07) is 36.9. The first kappa shape index (κ1) is 28.8. The van der Waals surface area contributed by atoms with E-state index in [2.05, 4.69) is 0 Å². The van der Waals surface area contributed by atoms with E-state index in [0.29, 0.717) is 19.0 Å². The minimum absolute atomic E-state index is 0.184. The monoisotopic (exact) mass is 556 g/mol. The van der Waals surface area contributed by atoms with Crippen molar-refractivity contribution < 1.29 is 33.5 Å². The Morgan fingerprint density at radius 2 is 1.07 bits per heavy atom. The molecule has 1 N–H and O–H groups in total. The van der Waals surface area contributed by atoms with Crippen molar-refractivity contribution >= 4 is 0 Å². The Morgan fingerprint density at radius 3 is 1.61 bits per heavy atom. The lowest BCUT2D eigenvalue weighted by molar-refractivity contribution is -0.305. The molecule has 1 aliphatic rings. The molecule has 1 fully saturated rings. The van der Waals surface area contributed by atoms with Gasteiger partial charge in [0, 0.05) is 0 Å². The van der Waals surface area contributed by atoms with E-state index >= 15 is 0 Å². The number of hydrogen-bond acceptors (Lipinski definition) is 7. The predicted molar refractivity (Wildman–Crippen MR) is 154 cm³/mol. The number of methoxy groups -OCH3 is 1. The lowest BCUT2D eigenvalue weighted by Gasteiger charge is -2.44. The number of rotatable bonds is 13. The minimum atomic E-state index is -1.25. The molecule has 1 aliphatic heterocycles. The van der Waals surface area contributed by atoms with E-state index < -0.39 is 30.7 Å². The van der Waals surface area contributed by atoms with Crippen LogP contribution >= 0.6 is 0 Å². The smallest absolute Gasteiger partial charge is 0.184 e. The molecule has 1 saturated heterocycles. The van der Waals surface area contributed by atoms with Gasteiger partial charge in [-0.1, -0.05) is 91.0 Å². The van der Waals surface area contributed by atoms with Crippen LogP contribution < -0.4 is 9.47 Å². The van der Waals surface area contributed by atoms with Gasteiger partial charge in [0.25, 0.3) is 0 Å². The largest absolute Gasteiger partial charge is 0.497 e. The third kappa shape index (κ3) is 8.16. The van der Waals surface area contributed by atoms with Crippen molar-refractivity contribution in [3.05, 3.63) is 132 Å². The molecule has 0 bridgehead atoms. The highest BCUT2D eigenvalue weighted by Crippen LogP contribution is 2.31. The van der Waals surface area contributed by atoms with Crippen molar-refractivity contribution in [2.24, 2.45) is 0 Å². The fourth-order valence-electron chi connectivity index (χ4n) is 4.75. The molecule has 0 amide bonds. The Balaban J connectivity index is 1.39. The van der Waals surface area contributed by atoms with Crippen molar-refractivity contribution in [3.8, 4) is 11.5 Å². The molecule has 0 radical (unpaired) electrons. The van der Waals surface area contributed by atoms with Crippen LogP contribution in [0.25, 0.3) is 0 Å². The molecule has 214 valence electrons. The van der Waals surface area contributed by atoms with Crippen LogP contribution in [0.3, 0.4) is 0 Å². The molecule has 1 heterocycles. The maximum atomic E-state index is 11.2. The van der Waals surface area contributed by atoms with Gasteiger partial charge in [-0.05, 0) is 41.0 Å². The summed E-state index contributed by atoms with van der Waals surface area (Å²) in [6.45, 7) is 1.17. The number of benzene rings is 4. The molecular formula is C34H36O7. The van der Waals surface area contributed by atoms with Crippen molar-refractivity contribution in [1.29, 1.82) is 0 Å². The number of aliphatic hydroxyl groups excluding tert-OH is 1. The van der Waals surface area contributed by atoms with Crippen molar-refractivity contribution in [2.45, 2.75) is 50.5 Å². The molecule has 7 heteroatoms. The summed E-state index contributed by atoms with van der Waals surface area (Å²) in [6.07, 6.45) is -4.01. The average Bonchev–Trinajstić information content (AvgIpc) is 3.02. The Bertz CT molecular complexity index is 1290. The highest BCUT2D eigenvalue weighted by Gasteiger charge is 2.48. The van der Waals surface area contributed by atoms with Crippen LogP contribution in [-0.4, -0.2) is 49.5 Å². The average molecular weight is 557 g/mol. The SMILES string of the molecule is COc1ccc(O[C@H]2[C@H](OCc3ccccc3)[C@@H](OCc3ccccc3)[C@H](O)O[C@@H]2COCc2ccccc2)cc1. The third-order valence-corrected chi connectivity index (χ3v) is 6.91. The van der Waals surface area contributed by atoms with Gasteiger partial charge in [0.15, 0.2) is 12.4 Å². The van der Waals surface area contributed by atoms with Gasteiger partial charge >= 0.3 is 0 Å². The molecule has 0 aromatic heterocycles.